The molecular formula is C10H14ClF3O3S. The second-order valence-electron chi connectivity index (χ2n) is 4.54. The number of rotatable bonds is 4. The van der Waals surface area contributed by atoms with Crippen molar-refractivity contribution in [2.75, 3.05) is 6.26 Å². The molecule has 0 spiro atoms. The van der Waals surface area contributed by atoms with Gasteiger partial charge >= 0.3 is 6.18 Å². The Morgan fingerprint density at radius 3 is 1.89 bits per heavy atom. The van der Waals surface area contributed by atoms with Crippen LogP contribution in [-0.4, -0.2) is 31.9 Å². The highest BCUT2D eigenvalue weighted by molar-refractivity contribution is 7.91. The molecular weight excluding hydrogens is 293 g/mol. The lowest BCUT2D eigenvalue weighted by atomic mass is 9.84. The zero-order valence-electron chi connectivity index (χ0n) is 10.3. The van der Waals surface area contributed by atoms with Crippen LogP contribution in [0.1, 0.15) is 20.8 Å². The first-order valence-corrected chi connectivity index (χ1v) is 7.18. The van der Waals surface area contributed by atoms with Crippen LogP contribution in [0.5, 0.6) is 0 Å². The SMILES string of the molecule is CC(=O)C(C)(C)C(C=C(Cl)C(F)(F)F)S(C)(=O)=O. The first-order chi connectivity index (χ1) is 7.70. The van der Waals surface area contributed by atoms with Gasteiger partial charge in [-0.3, -0.25) is 4.79 Å². The van der Waals surface area contributed by atoms with Gasteiger partial charge in [-0.15, -0.1) is 0 Å². The van der Waals surface area contributed by atoms with E-state index < -0.39 is 37.5 Å². The van der Waals surface area contributed by atoms with Crippen LogP contribution in [0.15, 0.2) is 11.1 Å². The van der Waals surface area contributed by atoms with Crippen LogP contribution in [0.3, 0.4) is 0 Å². The van der Waals surface area contributed by atoms with Crippen LogP contribution in [0.4, 0.5) is 13.2 Å². The Morgan fingerprint density at radius 2 is 1.67 bits per heavy atom. The molecule has 0 aromatic heterocycles. The van der Waals surface area contributed by atoms with Gasteiger partial charge in [-0.25, -0.2) is 8.42 Å². The molecule has 0 aliphatic heterocycles. The Kier molecular flexibility index (Phi) is 5.04. The largest absolute Gasteiger partial charge is 0.426 e. The van der Waals surface area contributed by atoms with E-state index >= 15 is 0 Å². The first kappa shape index (κ1) is 17.4. The Bertz CT molecular complexity index is 463. The molecule has 0 aliphatic rings. The molecule has 0 amide bonds. The number of hydrogen-bond donors (Lipinski definition) is 0. The Balaban J connectivity index is 5.81. The Morgan fingerprint density at radius 1 is 1.28 bits per heavy atom. The summed E-state index contributed by atoms with van der Waals surface area (Å²) >= 11 is 5.03. The third kappa shape index (κ3) is 4.28. The molecule has 0 aromatic rings. The molecule has 106 valence electrons. The van der Waals surface area contributed by atoms with E-state index in [-0.39, 0.29) is 0 Å². The molecule has 1 atom stereocenters. The molecule has 0 bridgehead atoms. The fourth-order valence-electron chi connectivity index (χ4n) is 1.29. The molecule has 8 heteroatoms. The molecule has 18 heavy (non-hydrogen) atoms. The number of allylic oxidation sites excluding steroid dienone is 1. The summed E-state index contributed by atoms with van der Waals surface area (Å²) in [5.41, 5.74) is -1.49. The Labute approximate surface area is 109 Å². The second kappa shape index (κ2) is 5.21. The maximum Gasteiger partial charge on any atom is 0.426 e. The molecule has 0 saturated carbocycles. The molecule has 0 aliphatic carbocycles. The average Bonchev–Trinajstić information content (AvgIpc) is 2.09. The maximum atomic E-state index is 12.3. The summed E-state index contributed by atoms with van der Waals surface area (Å²) in [5.74, 6) is -0.541. The van der Waals surface area contributed by atoms with Gasteiger partial charge in [0, 0.05) is 11.7 Å². The number of halogens is 4. The van der Waals surface area contributed by atoms with E-state index in [0.717, 1.165) is 13.2 Å². The maximum absolute atomic E-state index is 12.3. The minimum atomic E-state index is -4.84. The molecule has 1 unspecified atom stereocenters. The highest BCUT2D eigenvalue weighted by atomic mass is 35.5. The lowest BCUT2D eigenvalue weighted by Crippen LogP contribution is -2.40. The van der Waals surface area contributed by atoms with Crippen LogP contribution in [0.25, 0.3) is 0 Å². The predicted octanol–water partition coefficient (Wildman–Crippen LogP) is 2.70. The summed E-state index contributed by atoms with van der Waals surface area (Å²) in [7, 11) is -3.90. The monoisotopic (exact) mass is 306 g/mol. The van der Waals surface area contributed by atoms with Crippen molar-refractivity contribution in [2.45, 2.75) is 32.2 Å². The van der Waals surface area contributed by atoms with Crippen molar-refractivity contribution in [1.82, 2.24) is 0 Å². The van der Waals surface area contributed by atoms with E-state index in [1.54, 1.807) is 0 Å². The molecule has 0 heterocycles. The quantitative estimate of drug-likeness (QED) is 0.802. The van der Waals surface area contributed by atoms with E-state index in [2.05, 4.69) is 0 Å². The summed E-state index contributed by atoms with van der Waals surface area (Å²) in [4.78, 5) is 11.4. The van der Waals surface area contributed by atoms with E-state index in [1.807, 2.05) is 0 Å². The third-order valence-electron chi connectivity index (χ3n) is 2.65. The van der Waals surface area contributed by atoms with Gasteiger partial charge in [0.25, 0.3) is 0 Å². The first-order valence-electron chi connectivity index (χ1n) is 4.85. The number of Topliss-reactive ketones (excluding diaryl/α,β-unsaturated/α-hetero) is 1. The summed E-state index contributed by atoms with van der Waals surface area (Å²) in [6.07, 6.45) is -3.70. The van der Waals surface area contributed by atoms with E-state index in [1.165, 1.54) is 13.8 Å². The zero-order chi connectivity index (χ0) is 14.9. The van der Waals surface area contributed by atoms with Crippen LogP contribution in [0, 0.1) is 5.41 Å². The van der Waals surface area contributed by atoms with Gasteiger partial charge in [-0.1, -0.05) is 25.4 Å². The molecule has 0 N–H and O–H groups in total. The number of carbonyl (C=O) groups excluding carboxylic acids is 1. The summed E-state index contributed by atoms with van der Waals surface area (Å²) in [5, 5.41) is -3.18. The fraction of sp³-hybridized carbons (Fsp3) is 0.700. The Hall–Kier alpha value is -0.560. The lowest BCUT2D eigenvalue weighted by molar-refractivity contribution is -0.124. The number of hydrogen-bond acceptors (Lipinski definition) is 3. The minimum Gasteiger partial charge on any atom is -0.299 e. The molecule has 3 nitrogen and oxygen atoms in total. The number of sulfone groups is 1. The van der Waals surface area contributed by atoms with Gasteiger partial charge in [0.2, 0.25) is 0 Å². The van der Waals surface area contributed by atoms with Gasteiger partial charge in [0.15, 0.2) is 9.84 Å². The van der Waals surface area contributed by atoms with Crippen LogP contribution in [0.2, 0.25) is 0 Å². The van der Waals surface area contributed by atoms with Gasteiger partial charge in [-0.2, -0.15) is 13.2 Å². The van der Waals surface area contributed by atoms with Crippen molar-refractivity contribution in [3.8, 4) is 0 Å². The lowest BCUT2D eigenvalue weighted by Gasteiger charge is -2.28. The van der Waals surface area contributed by atoms with Crippen molar-refractivity contribution in [3.63, 3.8) is 0 Å². The van der Waals surface area contributed by atoms with Gasteiger partial charge in [-0.05, 0) is 13.0 Å². The molecule has 0 radical (unpaired) electrons. The highest BCUT2D eigenvalue weighted by Gasteiger charge is 2.42. The van der Waals surface area contributed by atoms with Crippen molar-refractivity contribution < 1.29 is 26.4 Å². The van der Waals surface area contributed by atoms with Crippen molar-refractivity contribution in [3.05, 3.63) is 11.1 Å². The van der Waals surface area contributed by atoms with Gasteiger partial charge < -0.3 is 0 Å². The van der Waals surface area contributed by atoms with E-state index in [4.69, 9.17) is 11.6 Å². The van der Waals surface area contributed by atoms with Crippen molar-refractivity contribution >= 4 is 27.2 Å². The van der Waals surface area contributed by atoms with Crippen LogP contribution < -0.4 is 0 Å². The molecule has 0 saturated heterocycles. The van der Waals surface area contributed by atoms with Gasteiger partial charge in [0.05, 0.1) is 5.25 Å². The van der Waals surface area contributed by atoms with Crippen molar-refractivity contribution in [2.24, 2.45) is 5.41 Å². The second-order valence-corrected chi connectivity index (χ2v) is 7.11. The van der Waals surface area contributed by atoms with E-state index in [9.17, 15) is 26.4 Å². The highest BCUT2D eigenvalue weighted by Crippen LogP contribution is 2.34. The standard InChI is InChI=1S/C10H14ClF3O3S/c1-6(15)9(2,3)8(18(4,16)17)5-7(11)10(12,13)14/h5,8H,1-4H3. The average molecular weight is 307 g/mol. The topological polar surface area (TPSA) is 51.2 Å². The number of ketones is 1. The smallest absolute Gasteiger partial charge is 0.299 e. The van der Waals surface area contributed by atoms with Crippen molar-refractivity contribution in [1.29, 1.82) is 0 Å². The van der Waals surface area contributed by atoms with Crippen LogP contribution in [-0.2, 0) is 14.6 Å². The summed E-state index contributed by atoms with van der Waals surface area (Å²) < 4.78 is 60.0. The van der Waals surface area contributed by atoms with Gasteiger partial charge in [0.1, 0.15) is 10.8 Å². The number of alkyl halides is 3. The molecule has 0 rings (SSSR count). The summed E-state index contributed by atoms with van der Waals surface area (Å²) in [6.45, 7) is 3.64. The number of carbonyl (C=O) groups is 1. The van der Waals surface area contributed by atoms with Crippen LogP contribution >= 0.6 is 11.6 Å². The van der Waals surface area contributed by atoms with E-state index in [0.29, 0.717) is 6.08 Å². The summed E-state index contributed by atoms with van der Waals surface area (Å²) in [6, 6.07) is 0. The molecule has 0 aromatic carbocycles. The third-order valence-corrected chi connectivity index (χ3v) is 4.64. The normalized spacial score (nSPS) is 16.6. The fourth-order valence-corrected chi connectivity index (χ4v) is 3.12. The minimum absolute atomic E-state index is 0.373. The zero-order valence-corrected chi connectivity index (χ0v) is 11.9. The molecule has 0 fully saturated rings. The predicted molar refractivity (Wildman–Crippen MR) is 63.1 cm³/mol.